The van der Waals surface area contributed by atoms with E-state index in [4.69, 9.17) is 17.3 Å². The molecule has 0 aliphatic heterocycles. The summed E-state index contributed by atoms with van der Waals surface area (Å²) in [4.78, 5) is 12.1. The van der Waals surface area contributed by atoms with Crippen LogP contribution in [0.5, 0.6) is 0 Å². The number of nitrogens with two attached hydrogens (primary N) is 1. The highest BCUT2D eigenvalue weighted by atomic mass is 35.5. The highest BCUT2D eigenvalue weighted by Crippen LogP contribution is 2.19. The third-order valence-electron chi connectivity index (χ3n) is 2.88. The topological polar surface area (TPSA) is 55.1 Å². The van der Waals surface area contributed by atoms with E-state index in [0.29, 0.717) is 16.3 Å². The van der Waals surface area contributed by atoms with Crippen LogP contribution >= 0.6 is 11.6 Å². The zero-order chi connectivity index (χ0) is 13.8. The van der Waals surface area contributed by atoms with Gasteiger partial charge in [-0.05, 0) is 42.3 Å². The van der Waals surface area contributed by atoms with Gasteiger partial charge in [0.1, 0.15) is 0 Å². The normalized spacial score (nSPS) is 10.2. The van der Waals surface area contributed by atoms with Gasteiger partial charge in [0.15, 0.2) is 0 Å². The molecule has 3 N–H and O–H groups in total. The van der Waals surface area contributed by atoms with Crippen molar-refractivity contribution in [2.45, 2.75) is 13.3 Å². The van der Waals surface area contributed by atoms with Gasteiger partial charge in [0.2, 0.25) is 0 Å². The summed E-state index contributed by atoms with van der Waals surface area (Å²) in [5.41, 5.74) is 8.52. The molecule has 2 rings (SSSR count). The van der Waals surface area contributed by atoms with Crippen molar-refractivity contribution in [3.05, 3.63) is 58.6 Å². The summed E-state index contributed by atoms with van der Waals surface area (Å²) < 4.78 is 0. The maximum atomic E-state index is 12.1. The van der Waals surface area contributed by atoms with E-state index in [9.17, 15) is 4.79 Å². The molecule has 0 radical (unpaired) electrons. The average Bonchev–Trinajstić information content (AvgIpc) is 2.42. The molecule has 0 saturated heterocycles. The van der Waals surface area contributed by atoms with Gasteiger partial charge in [-0.3, -0.25) is 4.79 Å². The second-order valence-electron chi connectivity index (χ2n) is 4.24. The molecule has 0 unspecified atom stereocenters. The number of rotatable bonds is 3. The second kappa shape index (κ2) is 5.76. The van der Waals surface area contributed by atoms with Crippen molar-refractivity contribution in [2.75, 3.05) is 11.1 Å². The summed E-state index contributed by atoms with van der Waals surface area (Å²) in [6.07, 6.45) is 0.968. The number of nitrogen functional groups attached to an aromatic ring is 1. The summed E-state index contributed by atoms with van der Waals surface area (Å²) in [5, 5.41) is 3.29. The van der Waals surface area contributed by atoms with E-state index >= 15 is 0 Å². The Labute approximate surface area is 117 Å². The third-order valence-corrected chi connectivity index (χ3v) is 3.12. The van der Waals surface area contributed by atoms with Gasteiger partial charge < -0.3 is 11.1 Å². The number of hydrogen-bond donors (Lipinski definition) is 2. The molecule has 0 bridgehead atoms. The lowest BCUT2D eigenvalue weighted by Gasteiger charge is -2.08. The van der Waals surface area contributed by atoms with Crippen molar-refractivity contribution in [3.63, 3.8) is 0 Å². The molecule has 2 aromatic carbocycles. The van der Waals surface area contributed by atoms with Crippen molar-refractivity contribution in [1.82, 2.24) is 0 Å². The number of hydrogen-bond acceptors (Lipinski definition) is 2. The molecule has 4 heteroatoms. The van der Waals surface area contributed by atoms with E-state index in [1.807, 2.05) is 24.3 Å². The Kier molecular flexibility index (Phi) is 4.07. The lowest BCUT2D eigenvalue weighted by atomic mass is 10.1. The molecular weight excluding hydrogens is 260 g/mol. The Morgan fingerprint density at radius 3 is 2.53 bits per heavy atom. The number of carbonyl (C=O) groups is 1. The van der Waals surface area contributed by atoms with Crippen molar-refractivity contribution in [3.8, 4) is 0 Å². The molecule has 1 amide bonds. The number of amides is 1. The van der Waals surface area contributed by atoms with Gasteiger partial charge in [0.25, 0.3) is 5.91 Å². The average molecular weight is 275 g/mol. The minimum Gasteiger partial charge on any atom is -0.398 e. The maximum Gasteiger partial charge on any atom is 0.257 e. The highest BCUT2D eigenvalue weighted by Gasteiger charge is 2.10. The molecule has 98 valence electrons. The van der Waals surface area contributed by atoms with Crippen LogP contribution in [-0.4, -0.2) is 5.91 Å². The summed E-state index contributed by atoms with van der Waals surface area (Å²) in [5.74, 6) is -0.260. The smallest absolute Gasteiger partial charge is 0.257 e. The molecule has 0 spiro atoms. The van der Waals surface area contributed by atoms with Gasteiger partial charge in [0, 0.05) is 16.4 Å². The van der Waals surface area contributed by atoms with E-state index in [1.165, 1.54) is 5.56 Å². The summed E-state index contributed by atoms with van der Waals surface area (Å²) in [6.45, 7) is 2.08. The van der Waals surface area contributed by atoms with Crippen molar-refractivity contribution >= 4 is 28.9 Å². The largest absolute Gasteiger partial charge is 0.398 e. The van der Waals surface area contributed by atoms with E-state index < -0.39 is 0 Å². The summed E-state index contributed by atoms with van der Waals surface area (Å²) in [6, 6.07) is 12.6. The molecule has 3 nitrogen and oxygen atoms in total. The second-order valence-corrected chi connectivity index (χ2v) is 4.67. The first-order valence-electron chi connectivity index (χ1n) is 6.05. The van der Waals surface area contributed by atoms with Crippen molar-refractivity contribution < 1.29 is 4.79 Å². The van der Waals surface area contributed by atoms with E-state index in [2.05, 4.69) is 12.2 Å². The van der Waals surface area contributed by atoms with Crippen LogP contribution < -0.4 is 11.1 Å². The van der Waals surface area contributed by atoms with Crippen molar-refractivity contribution in [1.29, 1.82) is 0 Å². The van der Waals surface area contributed by atoms with Gasteiger partial charge >= 0.3 is 0 Å². The Balaban J connectivity index is 2.18. The number of aryl methyl sites for hydroxylation is 1. The van der Waals surface area contributed by atoms with Crippen LogP contribution in [0.15, 0.2) is 42.5 Å². The molecule has 0 aliphatic carbocycles. The lowest BCUT2D eigenvalue weighted by Crippen LogP contribution is -2.14. The number of benzene rings is 2. The van der Waals surface area contributed by atoms with Gasteiger partial charge in [-0.15, -0.1) is 0 Å². The Morgan fingerprint density at radius 1 is 1.21 bits per heavy atom. The summed E-state index contributed by atoms with van der Waals surface area (Å²) >= 11 is 5.87. The molecule has 0 heterocycles. The summed E-state index contributed by atoms with van der Waals surface area (Å²) in [7, 11) is 0. The number of nitrogens with one attached hydrogen (secondary N) is 1. The Morgan fingerprint density at radius 2 is 1.89 bits per heavy atom. The molecule has 19 heavy (non-hydrogen) atoms. The van der Waals surface area contributed by atoms with Crippen LogP contribution in [-0.2, 0) is 6.42 Å². The van der Waals surface area contributed by atoms with E-state index in [-0.39, 0.29) is 5.91 Å². The van der Waals surface area contributed by atoms with Crippen molar-refractivity contribution in [2.24, 2.45) is 0 Å². The third kappa shape index (κ3) is 3.26. The number of anilines is 2. The fraction of sp³-hybridized carbons (Fsp3) is 0.133. The molecule has 2 aromatic rings. The fourth-order valence-electron chi connectivity index (χ4n) is 1.75. The predicted molar refractivity (Wildman–Crippen MR) is 79.6 cm³/mol. The van der Waals surface area contributed by atoms with Gasteiger partial charge in [-0.25, -0.2) is 0 Å². The van der Waals surface area contributed by atoms with Crippen LogP contribution in [0.25, 0.3) is 0 Å². The van der Waals surface area contributed by atoms with E-state index in [1.54, 1.807) is 18.2 Å². The SMILES string of the molecule is CCc1ccc(NC(=O)c2cc(Cl)ccc2N)cc1. The highest BCUT2D eigenvalue weighted by molar-refractivity contribution is 6.31. The molecule has 0 aromatic heterocycles. The predicted octanol–water partition coefficient (Wildman–Crippen LogP) is 3.74. The first kappa shape index (κ1) is 13.4. The van der Waals surface area contributed by atoms with Crippen LogP contribution in [0.2, 0.25) is 5.02 Å². The number of carbonyl (C=O) groups excluding carboxylic acids is 1. The fourth-order valence-corrected chi connectivity index (χ4v) is 1.92. The Hall–Kier alpha value is -2.00. The van der Waals surface area contributed by atoms with Crippen LogP contribution in [0.1, 0.15) is 22.8 Å². The van der Waals surface area contributed by atoms with Crippen LogP contribution in [0.3, 0.4) is 0 Å². The van der Waals surface area contributed by atoms with Crippen LogP contribution in [0, 0.1) is 0 Å². The number of halogens is 1. The molecular formula is C15H15ClN2O. The first-order chi connectivity index (χ1) is 9.10. The molecule has 0 fully saturated rings. The molecule has 0 saturated carbocycles. The maximum absolute atomic E-state index is 12.1. The molecule has 0 aliphatic rings. The lowest BCUT2D eigenvalue weighted by molar-refractivity contribution is 0.102. The van der Waals surface area contributed by atoms with Gasteiger partial charge in [0.05, 0.1) is 5.56 Å². The quantitative estimate of drug-likeness (QED) is 0.838. The monoisotopic (exact) mass is 274 g/mol. The van der Waals surface area contributed by atoms with Gasteiger partial charge in [-0.2, -0.15) is 0 Å². The zero-order valence-electron chi connectivity index (χ0n) is 10.6. The zero-order valence-corrected chi connectivity index (χ0v) is 11.4. The van der Waals surface area contributed by atoms with E-state index in [0.717, 1.165) is 12.1 Å². The van der Waals surface area contributed by atoms with Crippen LogP contribution in [0.4, 0.5) is 11.4 Å². The molecule has 0 atom stereocenters. The Bertz CT molecular complexity index is 594. The minimum atomic E-state index is -0.260. The van der Waals surface area contributed by atoms with Gasteiger partial charge in [-0.1, -0.05) is 30.7 Å². The standard InChI is InChI=1S/C15H15ClN2O/c1-2-10-3-6-12(7-4-10)18-15(19)13-9-11(16)5-8-14(13)17/h3-9H,2,17H2,1H3,(H,18,19). The first-order valence-corrected chi connectivity index (χ1v) is 6.43. The minimum absolute atomic E-state index is 0.260.